The van der Waals surface area contributed by atoms with Gasteiger partial charge in [-0.15, -0.1) is 0 Å². The highest BCUT2D eigenvalue weighted by Gasteiger charge is 2.27. The number of ether oxygens (including phenoxy) is 2. The van der Waals surface area contributed by atoms with Crippen molar-refractivity contribution < 1.29 is 9.47 Å². The maximum absolute atomic E-state index is 6.30. The highest BCUT2D eigenvalue weighted by molar-refractivity contribution is 5.44. The van der Waals surface area contributed by atoms with E-state index in [1.54, 1.807) is 0 Å². The van der Waals surface area contributed by atoms with Crippen molar-refractivity contribution in [2.75, 3.05) is 26.8 Å². The van der Waals surface area contributed by atoms with Crippen molar-refractivity contribution in [1.29, 1.82) is 0 Å². The van der Waals surface area contributed by atoms with Crippen molar-refractivity contribution in [2.24, 2.45) is 5.73 Å². The largest absolute Gasteiger partial charge is 0.490 e. The molecular formula is C15H22N2O2. The zero-order valence-electron chi connectivity index (χ0n) is 11.5. The van der Waals surface area contributed by atoms with E-state index in [9.17, 15) is 0 Å². The van der Waals surface area contributed by atoms with E-state index in [-0.39, 0.29) is 6.04 Å². The summed E-state index contributed by atoms with van der Waals surface area (Å²) >= 11 is 0. The van der Waals surface area contributed by atoms with E-state index in [4.69, 9.17) is 15.2 Å². The fourth-order valence-corrected chi connectivity index (χ4v) is 2.49. The number of hydrogen-bond acceptors (Lipinski definition) is 4. The SMILES string of the molecule is CN(CC(N)c1ccc2c(c1)OCCCO2)C1CC1. The van der Waals surface area contributed by atoms with Gasteiger partial charge >= 0.3 is 0 Å². The van der Waals surface area contributed by atoms with Crippen LogP contribution >= 0.6 is 0 Å². The quantitative estimate of drug-likeness (QED) is 0.901. The summed E-state index contributed by atoms with van der Waals surface area (Å²) in [5.74, 6) is 1.67. The van der Waals surface area contributed by atoms with Gasteiger partial charge in [-0.3, -0.25) is 0 Å². The first kappa shape index (κ1) is 12.8. The predicted molar refractivity (Wildman–Crippen MR) is 74.6 cm³/mol. The van der Waals surface area contributed by atoms with Crippen molar-refractivity contribution in [1.82, 2.24) is 4.90 Å². The van der Waals surface area contributed by atoms with Gasteiger partial charge < -0.3 is 20.1 Å². The van der Waals surface area contributed by atoms with E-state index in [1.165, 1.54) is 12.8 Å². The third-order valence-corrected chi connectivity index (χ3v) is 3.85. The Bertz CT molecular complexity index is 446. The molecule has 4 nitrogen and oxygen atoms in total. The number of benzene rings is 1. The van der Waals surface area contributed by atoms with Crippen molar-refractivity contribution >= 4 is 0 Å². The van der Waals surface area contributed by atoms with Gasteiger partial charge in [-0.1, -0.05) is 6.07 Å². The van der Waals surface area contributed by atoms with Crippen molar-refractivity contribution in [2.45, 2.75) is 31.3 Å². The van der Waals surface area contributed by atoms with Crippen LogP contribution < -0.4 is 15.2 Å². The average Bonchev–Trinajstić information content (AvgIpc) is 3.24. The molecule has 1 aliphatic heterocycles. The molecule has 0 aromatic heterocycles. The molecule has 3 rings (SSSR count). The molecule has 1 aliphatic carbocycles. The molecule has 1 aromatic carbocycles. The molecule has 1 aromatic rings. The number of likely N-dealkylation sites (N-methyl/N-ethyl adjacent to an activating group) is 1. The van der Waals surface area contributed by atoms with Crippen LogP contribution in [0, 0.1) is 0 Å². The Morgan fingerprint density at radius 2 is 2.00 bits per heavy atom. The normalized spacial score (nSPS) is 20.2. The van der Waals surface area contributed by atoms with Crippen molar-refractivity contribution in [3.8, 4) is 11.5 Å². The molecule has 1 fully saturated rings. The number of hydrogen-bond donors (Lipinski definition) is 1. The zero-order valence-corrected chi connectivity index (χ0v) is 11.5. The Morgan fingerprint density at radius 1 is 1.26 bits per heavy atom. The lowest BCUT2D eigenvalue weighted by molar-refractivity contribution is 0.296. The van der Waals surface area contributed by atoms with Crippen LogP contribution in [0.15, 0.2) is 18.2 Å². The molecule has 0 radical (unpaired) electrons. The Labute approximate surface area is 114 Å². The molecule has 0 saturated heterocycles. The molecule has 2 N–H and O–H groups in total. The van der Waals surface area contributed by atoms with Crippen LogP contribution in [0.2, 0.25) is 0 Å². The monoisotopic (exact) mass is 262 g/mol. The van der Waals surface area contributed by atoms with Crippen LogP contribution in [-0.2, 0) is 0 Å². The van der Waals surface area contributed by atoms with Crippen LogP contribution in [0.5, 0.6) is 11.5 Å². The predicted octanol–water partition coefficient (Wildman–Crippen LogP) is 1.94. The summed E-state index contributed by atoms with van der Waals surface area (Å²) in [6, 6.07) is 6.84. The maximum atomic E-state index is 6.30. The van der Waals surface area contributed by atoms with Gasteiger partial charge in [0.05, 0.1) is 13.2 Å². The Morgan fingerprint density at radius 3 is 2.74 bits per heavy atom. The summed E-state index contributed by atoms with van der Waals surface area (Å²) in [7, 11) is 2.15. The van der Waals surface area contributed by atoms with Gasteiger partial charge in [-0.25, -0.2) is 0 Å². The standard InChI is InChI=1S/C15H22N2O2/c1-17(12-4-5-12)10-13(16)11-3-6-14-15(9-11)19-8-2-7-18-14/h3,6,9,12-13H,2,4-5,7-8,10,16H2,1H3. The first-order chi connectivity index (χ1) is 9.24. The number of nitrogens with two attached hydrogens (primary N) is 1. The molecule has 0 amide bonds. The van der Waals surface area contributed by atoms with E-state index in [2.05, 4.69) is 18.0 Å². The number of nitrogens with zero attached hydrogens (tertiary/aromatic N) is 1. The number of rotatable bonds is 4. The molecule has 2 aliphatic rings. The average molecular weight is 262 g/mol. The molecule has 1 atom stereocenters. The fourth-order valence-electron chi connectivity index (χ4n) is 2.49. The van der Waals surface area contributed by atoms with E-state index >= 15 is 0 Å². The van der Waals surface area contributed by atoms with E-state index in [0.717, 1.165) is 42.7 Å². The molecule has 19 heavy (non-hydrogen) atoms. The molecule has 1 unspecified atom stereocenters. The minimum absolute atomic E-state index is 0.0303. The first-order valence-electron chi connectivity index (χ1n) is 7.09. The highest BCUT2D eigenvalue weighted by atomic mass is 16.5. The van der Waals surface area contributed by atoms with Gasteiger partial charge in [0.2, 0.25) is 0 Å². The molecule has 0 spiro atoms. The van der Waals surface area contributed by atoms with Crippen LogP contribution in [-0.4, -0.2) is 37.7 Å². The second-order valence-electron chi connectivity index (χ2n) is 5.53. The molecule has 4 heteroatoms. The molecule has 104 valence electrons. The molecule has 1 saturated carbocycles. The Balaban J connectivity index is 1.71. The van der Waals surface area contributed by atoms with Crippen LogP contribution in [0.3, 0.4) is 0 Å². The van der Waals surface area contributed by atoms with Gasteiger partial charge in [0.15, 0.2) is 11.5 Å². The molecular weight excluding hydrogens is 240 g/mol. The highest BCUT2D eigenvalue weighted by Crippen LogP contribution is 2.33. The lowest BCUT2D eigenvalue weighted by Crippen LogP contribution is -2.30. The van der Waals surface area contributed by atoms with E-state index in [0.29, 0.717) is 6.61 Å². The van der Waals surface area contributed by atoms with Crippen molar-refractivity contribution in [3.63, 3.8) is 0 Å². The fraction of sp³-hybridized carbons (Fsp3) is 0.600. The zero-order chi connectivity index (χ0) is 13.2. The van der Waals surface area contributed by atoms with Gasteiger partial charge in [-0.2, -0.15) is 0 Å². The summed E-state index contributed by atoms with van der Waals surface area (Å²) in [6.07, 6.45) is 3.55. The summed E-state index contributed by atoms with van der Waals surface area (Å²) in [5, 5.41) is 0. The summed E-state index contributed by atoms with van der Waals surface area (Å²) < 4.78 is 11.3. The van der Waals surface area contributed by atoms with Crippen LogP contribution in [0.1, 0.15) is 30.9 Å². The van der Waals surface area contributed by atoms with Gasteiger partial charge in [-0.05, 0) is 37.6 Å². The van der Waals surface area contributed by atoms with Crippen LogP contribution in [0.4, 0.5) is 0 Å². The van der Waals surface area contributed by atoms with E-state index < -0.39 is 0 Å². The molecule has 1 heterocycles. The minimum Gasteiger partial charge on any atom is -0.490 e. The second-order valence-corrected chi connectivity index (χ2v) is 5.53. The number of fused-ring (bicyclic) bond motifs is 1. The van der Waals surface area contributed by atoms with Crippen LogP contribution in [0.25, 0.3) is 0 Å². The van der Waals surface area contributed by atoms with Gasteiger partial charge in [0.25, 0.3) is 0 Å². The Kier molecular flexibility index (Phi) is 3.62. The Hall–Kier alpha value is -1.26. The summed E-state index contributed by atoms with van der Waals surface area (Å²) in [5.41, 5.74) is 7.42. The third kappa shape index (κ3) is 3.01. The lowest BCUT2D eigenvalue weighted by Gasteiger charge is -2.21. The topological polar surface area (TPSA) is 47.7 Å². The maximum Gasteiger partial charge on any atom is 0.161 e. The smallest absolute Gasteiger partial charge is 0.161 e. The summed E-state index contributed by atoms with van der Waals surface area (Å²) in [6.45, 7) is 2.33. The molecule has 0 bridgehead atoms. The van der Waals surface area contributed by atoms with Crippen molar-refractivity contribution in [3.05, 3.63) is 23.8 Å². The van der Waals surface area contributed by atoms with E-state index in [1.807, 2.05) is 12.1 Å². The second kappa shape index (κ2) is 5.39. The van der Waals surface area contributed by atoms with Gasteiger partial charge in [0.1, 0.15) is 0 Å². The lowest BCUT2D eigenvalue weighted by atomic mass is 10.1. The minimum atomic E-state index is 0.0303. The van der Waals surface area contributed by atoms with Gasteiger partial charge in [0, 0.05) is 25.0 Å². The summed E-state index contributed by atoms with van der Waals surface area (Å²) in [4.78, 5) is 2.35. The third-order valence-electron chi connectivity index (χ3n) is 3.85. The first-order valence-corrected chi connectivity index (χ1v) is 7.09.